The lowest BCUT2D eigenvalue weighted by molar-refractivity contribution is -0.384. The van der Waals surface area contributed by atoms with Crippen LogP contribution in [-0.4, -0.2) is 61.0 Å². The summed E-state index contributed by atoms with van der Waals surface area (Å²) in [4.78, 5) is 35.5. The first-order chi connectivity index (χ1) is 16.3. The van der Waals surface area contributed by atoms with Gasteiger partial charge < -0.3 is 9.80 Å². The number of halogens is 2. The fraction of sp³-hybridized carbons (Fsp3) is 0.417. The van der Waals surface area contributed by atoms with E-state index in [1.54, 1.807) is 23.1 Å². The number of rotatable bonds is 8. The van der Waals surface area contributed by atoms with E-state index in [9.17, 15) is 14.9 Å². The third-order valence-corrected chi connectivity index (χ3v) is 7.19. The quantitative estimate of drug-likeness (QED) is 0.264. The van der Waals surface area contributed by atoms with Gasteiger partial charge in [0.25, 0.3) is 11.6 Å². The third-order valence-electron chi connectivity index (χ3n) is 5.92. The molecule has 0 N–H and O–H groups in total. The van der Waals surface area contributed by atoms with Gasteiger partial charge in [0.2, 0.25) is 0 Å². The molecule has 1 aromatic heterocycles. The van der Waals surface area contributed by atoms with E-state index in [1.165, 1.54) is 17.4 Å². The molecular formula is C24H29Cl2N5O3S. The number of amides is 1. The van der Waals surface area contributed by atoms with Crippen molar-refractivity contribution in [2.45, 2.75) is 25.7 Å². The maximum Gasteiger partial charge on any atom is 0.293 e. The molecule has 35 heavy (non-hydrogen) atoms. The Labute approximate surface area is 220 Å². The zero-order valence-corrected chi connectivity index (χ0v) is 22.2. The van der Waals surface area contributed by atoms with Gasteiger partial charge in [-0.05, 0) is 76.7 Å². The molecule has 0 spiro atoms. The second-order valence-corrected chi connectivity index (χ2v) is 10.2. The van der Waals surface area contributed by atoms with E-state index in [4.69, 9.17) is 11.6 Å². The Balaban J connectivity index is 0.00000342. The molecular weight excluding hydrogens is 509 g/mol. The lowest BCUT2D eigenvalue weighted by atomic mass is 10.1. The number of nitro groups is 1. The molecule has 2 aromatic carbocycles. The zero-order chi connectivity index (χ0) is 24.2. The van der Waals surface area contributed by atoms with Crippen molar-refractivity contribution in [2.24, 2.45) is 0 Å². The van der Waals surface area contributed by atoms with Gasteiger partial charge in [-0.1, -0.05) is 22.9 Å². The van der Waals surface area contributed by atoms with Gasteiger partial charge in [0.15, 0.2) is 5.13 Å². The predicted molar refractivity (Wildman–Crippen MR) is 146 cm³/mol. The summed E-state index contributed by atoms with van der Waals surface area (Å²) in [5.74, 6) is -0.294. The number of benzene rings is 2. The smallest absolute Gasteiger partial charge is 0.293 e. The lowest BCUT2D eigenvalue weighted by Crippen LogP contribution is -2.34. The molecule has 188 valence electrons. The van der Waals surface area contributed by atoms with E-state index in [2.05, 4.69) is 9.88 Å². The molecule has 8 nitrogen and oxygen atoms in total. The number of thiazole rings is 1. The molecule has 1 saturated heterocycles. The van der Waals surface area contributed by atoms with Crippen molar-refractivity contribution in [2.75, 3.05) is 50.1 Å². The first-order valence-corrected chi connectivity index (χ1v) is 12.6. The standard InChI is InChI=1S/C24H28ClN5O3S.ClH/c1-27(2)11-6-14-29(24-26-19-9-8-18(25)16-22(19)34-24)23(31)17-7-10-20(21(15-17)30(32)33)28-12-4-3-5-13-28;/h7-10,15-16H,3-6,11-14H2,1-2H3;1H. The van der Waals surface area contributed by atoms with Gasteiger partial charge in [0, 0.05) is 36.3 Å². The summed E-state index contributed by atoms with van der Waals surface area (Å²) in [6.45, 7) is 2.83. The highest BCUT2D eigenvalue weighted by Gasteiger charge is 2.26. The molecule has 4 rings (SSSR count). The second-order valence-electron chi connectivity index (χ2n) is 8.73. The van der Waals surface area contributed by atoms with E-state index >= 15 is 0 Å². The molecule has 1 fully saturated rings. The van der Waals surface area contributed by atoms with Gasteiger partial charge >= 0.3 is 0 Å². The first-order valence-electron chi connectivity index (χ1n) is 11.4. The number of hydrogen-bond donors (Lipinski definition) is 0. The Hall–Kier alpha value is -2.46. The molecule has 11 heteroatoms. The van der Waals surface area contributed by atoms with Gasteiger partial charge in [-0.25, -0.2) is 4.98 Å². The minimum Gasteiger partial charge on any atom is -0.366 e. The maximum atomic E-state index is 13.6. The van der Waals surface area contributed by atoms with Crippen molar-refractivity contribution in [3.05, 3.63) is 57.1 Å². The Morgan fingerprint density at radius 3 is 2.57 bits per heavy atom. The van der Waals surface area contributed by atoms with E-state index in [0.717, 1.165) is 55.5 Å². The Bertz CT molecular complexity index is 1200. The summed E-state index contributed by atoms with van der Waals surface area (Å²) >= 11 is 7.53. The summed E-state index contributed by atoms with van der Waals surface area (Å²) in [5, 5.41) is 13.1. The van der Waals surface area contributed by atoms with Gasteiger partial charge in [-0.3, -0.25) is 19.8 Å². The lowest BCUT2D eigenvalue weighted by Gasteiger charge is -2.28. The van der Waals surface area contributed by atoms with Crippen LogP contribution in [0.5, 0.6) is 0 Å². The van der Waals surface area contributed by atoms with Crippen LogP contribution in [0.2, 0.25) is 5.02 Å². The molecule has 1 aliphatic rings. The predicted octanol–water partition coefficient (Wildman–Crippen LogP) is 5.87. The van der Waals surface area contributed by atoms with Crippen molar-refractivity contribution < 1.29 is 9.72 Å². The largest absolute Gasteiger partial charge is 0.366 e. The number of aromatic nitrogens is 1. The molecule has 0 atom stereocenters. The SMILES string of the molecule is CN(C)CCCN(C(=O)c1ccc(N2CCCCC2)c([N+](=O)[O-])c1)c1nc2ccc(Cl)cc2s1.Cl. The van der Waals surface area contributed by atoms with Crippen molar-refractivity contribution in [1.29, 1.82) is 0 Å². The Morgan fingerprint density at radius 1 is 1.14 bits per heavy atom. The number of nitrogens with zero attached hydrogens (tertiary/aromatic N) is 5. The van der Waals surface area contributed by atoms with Crippen LogP contribution in [-0.2, 0) is 0 Å². The van der Waals surface area contributed by atoms with Crippen LogP contribution in [0.1, 0.15) is 36.0 Å². The highest BCUT2D eigenvalue weighted by molar-refractivity contribution is 7.22. The number of nitro benzene ring substituents is 1. The monoisotopic (exact) mass is 537 g/mol. The van der Waals surface area contributed by atoms with Gasteiger partial charge in [0.1, 0.15) is 5.69 Å². The van der Waals surface area contributed by atoms with Crippen LogP contribution in [0.25, 0.3) is 10.2 Å². The topological polar surface area (TPSA) is 82.8 Å². The molecule has 0 saturated carbocycles. The van der Waals surface area contributed by atoms with Crippen molar-refractivity contribution in [1.82, 2.24) is 9.88 Å². The van der Waals surface area contributed by atoms with Crippen molar-refractivity contribution in [3.8, 4) is 0 Å². The number of hydrogen-bond acceptors (Lipinski definition) is 7. The van der Waals surface area contributed by atoms with Gasteiger partial charge in [-0.2, -0.15) is 0 Å². The van der Waals surface area contributed by atoms with Crippen molar-refractivity contribution in [3.63, 3.8) is 0 Å². The van der Waals surface area contributed by atoms with Crippen LogP contribution in [0.15, 0.2) is 36.4 Å². The third kappa shape index (κ3) is 6.41. The van der Waals surface area contributed by atoms with Crippen molar-refractivity contribution >= 4 is 68.0 Å². The van der Waals surface area contributed by atoms with E-state index in [-0.39, 0.29) is 29.6 Å². The fourth-order valence-corrected chi connectivity index (χ4v) is 5.46. The average molecular weight is 539 g/mol. The molecule has 0 aliphatic carbocycles. The molecule has 0 unspecified atom stereocenters. The van der Waals surface area contributed by atoms with Gasteiger partial charge in [0.05, 0.1) is 15.1 Å². The highest BCUT2D eigenvalue weighted by atomic mass is 35.5. The number of carbonyl (C=O) groups is 1. The van der Waals surface area contributed by atoms with Gasteiger partial charge in [-0.15, -0.1) is 12.4 Å². The summed E-state index contributed by atoms with van der Waals surface area (Å²) in [6, 6.07) is 10.3. The average Bonchev–Trinajstić information content (AvgIpc) is 3.24. The van der Waals surface area contributed by atoms with E-state index in [1.807, 2.05) is 31.1 Å². The number of anilines is 2. The van der Waals surface area contributed by atoms with Crippen LogP contribution in [0.3, 0.4) is 0 Å². The number of piperidine rings is 1. The normalized spacial score (nSPS) is 13.7. The Kier molecular flexibility index (Phi) is 9.29. The van der Waals surface area contributed by atoms with Crippen LogP contribution < -0.4 is 9.80 Å². The second kappa shape index (κ2) is 12.0. The van der Waals surface area contributed by atoms with Crippen LogP contribution >= 0.6 is 35.3 Å². The molecule has 2 heterocycles. The zero-order valence-electron chi connectivity index (χ0n) is 19.8. The van der Waals surface area contributed by atoms with Crippen LogP contribution in [0.4, 0.5) is 16.5 Å². The minimum atomic E-state index is -0.392. The minimum absolute atomic E-state index is 0. The van der Waals surface area contributed by atoms with Crippen LogP contribution in [0, 0.1) is 10.1 Å². The molecule has 1 aliphatic heterocycles. The molecule has 0 radical (unpaired) electrons. The maximum absolute atomic E-state index is 13.6. The number of carbonyl (C=O) groups excluding carboxylic acids is 1. The fourth-order valence-electron chi connectivity index (χ4n) is 4.19. The molecule has 1 amide bonds. The summed E-state index contributed by atoms with van der Waals surface area (Å²) in [5.41, 5.74) is 1.60. The Morgan fingerprint density at radius 2 is 1.89 bits per heavy atom. The molecule has 3 aromatic rings. The summed E-state index contributed by atoms with van der Waals surface area (Å²) in [6.07, 6.45) is 3.90. The summed E-state index contributed by atoms with van der Waals surface area (Å²) in [7, 11) is 3.96. The van der Waals surface area contributed by atoms with E-state index < -0.39 is 4.92 Å². The first kappa shape index (κ1) is 27.1. The summed E-state index contributed by atoms with van der Waals surface area (Å²) < 4.78 is 0.888. The molecule has 0 bridgehead atoms. The highest BCUT2D eigenvalue weighted by Crippen LogP contribution is 2.34. The van der Waals surface area contributed by atoms with E-state index in [0.29, 0.717) is 22.4 Å². The number of fused-ring (bicyclic) bond motifs is 1.